The van der Waals surface area contributed by atoms with E-state index in [1.807, 2.05) is 20.8 Å². The van der Waals surface area contributed by atoms with E-state index in [9.17, 15) is 18.8 Å². The number of epoxide rings is 1. The summed E-state index contributed by atoms with van der Waals surface area (Å²) in [7, 11) is 0. The molecule has 1 spiro atoms. The summed E-state index contributed by atoms with van der Waals surface area (Å²) in [5.74, 6) is -1.98. The maximum absolute atomic E-state index is 15.7. The zero-order chi connectivity index (χ0) is 25.7. The summed E-state index contributed by atoms with van der Waals surface area (Å²) in [4.78, 5) is 38.9. The lowest BCUT2D eigenvalue weighted by Crippen LogP contribution is -2.63. The van der Waals surface area contributed by atoms with Crippen molar-refractivity contribution >= 4 is 28.6 Å². The van der Waals surface area contributed by atoms with Crippen molar-refractivity contribution in [2.75, 3.05) is 6.01 Å². The number of hydrogen-bond acceptors (Lipinski definition) is 7. The first-order valence-electron chi connectivity index (χ1n) is 12.3. The normalized spacial score (nSPS) is 46.2. The lowest BCUT2D eigenvalue weighted by atomic mass is 9.46. The maximum atomic E-state index is 15.7. The Balaban J connectivity index is 1.45. The molecule has 0 aromatic carbocycles. The number of furan rings is 1. The van der Waals surface area contributed by atoms with Gasteiger partial charge in [-0.1, -0.05) is 19.9 Å². The summed E-state index contributed by atoms with van der Waals surface area (Å²) >= 11 is 0.499. The van der Waals surface area contributed by atoms with E-state index in [0.29, 0.717) is 30.2 Å². The van der Waals surface area contributed by atoms with Crippen LogP contribution in [0.15, 0.2) is 46.6 Å². The van der Waals surface area contributed by atoms with E-state index in [1.54, 1.807) is 12.1 Å². The number of ether oxygens (including phenoxy) is 2. The van der Waals surface area contributed by atoms with Gasteiger partial charge in [-0.05, 0) is 79.6 Å². The first-order chi connectivity index (χ1) is 17.0. The first-order valence-corrected chi connectivity index (χ1v) is 13.3. The second kappa shape index (κ2) is 7.63. The number of alkyl halides is 2. The van der Waals surface area contributed by atoms with Gasteiger partial charge in [-0.3, -0.25) is 9.59 Å². The van der Waals surface area contributed by atoms with Crippen molar-refractivity contribution in [3.63, 3.8) is 0 Å². The Morgan fingerprint density at radius 2 is 2.03 bits per heavy atom. The molecular weight excluding hydrogens is 490 g/mol. The van der Waals surface area contributed by atoms with Crippen LogP contribution in [0.3, 0.4) is 0 Å². The van der Waals surface area contributed by atoms with Gasteiger partial charge in [-0.15, -0.1) is 0 Å². The molecule has 6 rings (SSSR count). The van der Waals surface area contributed by atoms with Crippen molar-refractivity contribution in [2.45, 2.75) is 63.5 Å². The van der Waals surface area contributed by atoms with Gasteiger partial charge in [0, 0.05) is 16.7 Å². The van der Waals surface area contributed by atoms with Crippen molar-refractivity contribution < 1.29 is 37.1 Å². The Labute approximate surface area is 211 Å². The Morgan fingerprint density at radius 3 is 2.72 bits per heavy atom. The zero-order valence-corrected chi connectivity index (χ0v) is 21.1. The van der Waals surface area contributed by atoms with E-state index in [4.69, 9.17) is 13.9 Å². The minimum Gasteiger partial charge on any atom is -0.457 e. The molecular formula is C27H28F2O6S. The van der Waals surface area contributed by atoms with Crippen LogP contribution >= 0.6 is 11.8 Å². The van der Waals surface area contributed by atoms with Crippen molar-refractivity contribution in [1.82, 2.24) is 0 Å². The SMILES string of the molecule is C[C@@H]1C[C@H]2[C@@H]3C[C@H](F)C4=CC(=O)C=C[C@]4(C)[C@@]34O[C@@H]4C[C@]2(C)[C@@]1(OC(=O)c1ccco1)C(=O)SCF. The molecule has 4 aliphatic carbocycles. The Kier molecular flexibility index (Phi) is 5.11. The monoisotopic (exact) mass is 518 g/mol. The largest absolute Gasteiger partial charge is 0.457 e. The Morgan fingerprint density at radius 1 is 1.25 bits per heavy atom. The topological polar surface area (TPSA) is 86.1 Å². The third-order valence-corrected chi connectivity index (χ3v) is 10.6. The fourth-order valence-corrected chi connectivity index (χ4v) is 9.19. The molecule has 0 unspecified atom stereocenters. The van der Waals surface area contributed by atoms with E-state index in [1.165, 1.54) is 24.5 Å². The third-order valence-electron chi connectivity index (χ3n) is 9.93. The summed E-state index contributed by atoms with van der Waals surface area (Å²) in [5, 5.41) is -0.543. The number of carbonyl (C=O) groups is 3. The van der Waals surface area contributed by atoms with Crippen LogP contribution < -0.4 is 0 Å². The van der Waals surface area contributed by atoms with Crippen LogP contribution in [-0.4, -0.2) is 46.4 Å². The molecule has 0 N–H and O–H groups in total. The predicted molar refractivity (Wildman–Crippen MR) is 126 cm³/mol. The highest BCUT2D eigenvalue weighted by Gasteiger charge is 2.84. The molecule has 1 aliphatic heterocycles. The van der Waals surface area contributed by atoms with Crippen molar-refractivity contribution in [1.29, 1.82) is 0 Å². The van der Waals surface area contributed by atoms with Gasteiger partial charge in [-0.2, -0.15) is 0 Å². The number of rotatable bonds is 4. The number of hydrogen-bond donors (Lipinski definition) is 0. The lowest BCUT2D eigenvalue weighted by Gasteiger charge is -2.56. The van der Waals surface area contributed by atoms with E-state index in [0.717, 1.165) is 0 Å². The minimum absolute atomic E-state index is 0.0414. The van der Waals surface area contributed by atoms with Gasteiger partial charge in [0.15, 0.2) is 11.4 Å². The molecule has 4 fully saturated rings. The van der Waals surface area contributed by atoms with E-state index >= 15 is 4.39 Å². The van der Waals surface area contributed by atoms with Gasteiger partial charge < -0.3 is 13.9 Å². The van der Waals surface area contributed by atoms with E-state index < -0.39 is 51.2 Å². The van der Waals surface area contributed by atoms with Crippen LogP contribution in [0.5, 0.6) is 0 Å². The molecule has 1 saturated heterocycles. The third kappa shape index (κ3) is 2.73. The van der Waals surface area contributed by atoms with Crippen molar-refractivity contribution in [2.24, 2.45) is 28.6 Å². The van der Waals surface area contributed by atoms with Gasteiger partial charge in [0.2, 0.25) is 10.9 Å². The van der Waals surface area contributed by atoms with Gasteiger partial charge in [0.25, 0.3) is 0 Å². The summed E-state index contributed by atoms with van der Waals surface area (Å²) in [5.41, 5.74) is -3.57. The van der Waals surface area contributed by atoms with E-state index in [-0.39, 0.29) is 35.9 Å². The molecule has 2 heterocycles. The smallest absolute Gasteiger partial charge is 0.375 e. The number of esters is 1. The van der Waals surface area contributed by atoms with Crippen LogP contribution in [0.25, 0.3) is 0 Å². The second-order valence-corrected chi connectivity index (χ2v) is 12.1. The van der Waals surface area contributed by atoms with Crippen LogP contribution in [0.2, 0.25) is 0 Å². The molecule has 36 heavy (non-hydrogen) atoms. The summed E-state index contributed by atoms with van der Waals surface area (Å²) in [6.07, 6.45) is 5.38. The van der Waals surface area contributed by atoms with Crippen LogP contribution in [0.1, 0.15) is 50.6 Å². The predicted octanol–water partition coefficient (Wildman–Crippen LogP) is 5.00. The molecule has 9 heteroatoms. The molecule has 192 valence electrons. The van der Waals surface area contributed by atoms with E-state index in [2.05, 4.69) is 0 Å². The number of ketones is 1. The number of allylic oxidation sites excluding steroid dienone is 2. The van der Waals surface area contributed by atoms with Gasteiger partial charge in [0.05, 0.1) is 12.4 Å². The number of halogens is 2. The fourth-order valence-electron chi connectivity index (χ4n) is 8.40. The fraction of sp³-hybridized carbons (Fsp3) is 0.593. The summed E-state index contributed by atoms with van der Waals surface area (Å²) in [6.45, 7) is 5.67. The molecule has 0 amide bonds. The molecule has 3 saturated carbocycles. The van der Waals surface area contributed by atoms with Gasteiger partial charge >= 0.3 is 5.97 Å². The number of carbonyl (C=O) groups excluding carboxylic acids is 3. The summed E-state index contributed by atoms with van der Waals surface area (Å²) in [6, 6.07) is 2.06. The Bertz CT molecular complexity index is 1210. The molecule has 1 aromatic rings. The molecule has 1 aromatic heterocycles. The zero-order valence-electron chi connectivity index (χ0n) is 20.3. The van der Waals surface area contributed by atoms with Crippen molar-refractivity contribution in [3.05, 3.63) is 48.0 Å². The maximum Gasteiger partial charge on any atom is 0.375 e. The van der Waals surface area contributed by atoms with Crippen LogP contribution in [-0.2, 0) is 19.1 Å². The van der Waals surface area contributed by atoms with Crippen LogP contribution in [0, 0.1) is 28.6 Å². The lowest BCUT2D eigenvalue weighted by molar-refractivity contribution is -0.156. The summed E-state index contributed by atoms with van der Waals surface area (Å²) < 4.78 is 47.0. The number of thioether (sulfide) groups is 1. The second-order valence-electron chi connectivity index (χ2n) is 11.3. The molecule has 0 bridgehead atoms. The first kappa shape index (κ1) is 24.1. The molecule has 9 atom stereocenters. The quantitative estimate of drug-likeness (QED) is 0.410. The standard InChI is InChI=1S/C27H28F2O6S/c1-14-9-16-17-11-19(29)18-10-15(30)6-7-24(18,2)27(17)21(34-27)12-25(16,3)26(14,23(32)36-13-28)35-22(31)20-5-4-8-33-20/h4-8,10,14,16-17,19,21H,9,11-13H2,1-3H3/t14-,16+,17+,19+,21-,24+,25+,26+,27-/m1/s1. The molecule has 0 radical (unpaired) electrons. The molecule has 5 aliphatic rings. The minimum atomic E-state index is -1.63. The Hall–Kier alpha value is -2.26. The molecule has 6 nitrogen and oxygen atoms in total. The highest BCUT2D eigenvalue weighted by molar-refractivity contribution is 8.13. The van der Waals surface area contributed by atoms with Gasteiger partial charge in [-0.25, -0.2) is 13.6 Å². The number of fused-ring (bicyclic) bond motifs is 3. The van der Waals surface area contributed by atoms with Crippen molar-refractivity contribution in [3.8, 4) is 0 Å². The highest BCUT2D eigenvalue weighted by atomic mass is 32.2. The average Bonchev–Trinajstić information content (AvgIpc) is 3.20. The van der Waals surface area contributed by atoms with Crippen LogP contribution in [0.4, 0.5) is 8.78 Å². The highest BCUT2D eigenvalue weighted by Crippen LogP contribution is 2.77. The average molecular weight is 519 g/mol. The van der Waals surface area contributed by atoms with Gasteiger partial charge in [0.1, 0.15) is 17.8 Å².